The van der Waals surface area contributed by atoms with Gasteiger partial charge in [-0.2, -0.15) is 0 Å². The molecule has 3 atom stereocenters. The first kappa shape index (κ1) is 15.4. The Morgan fingerprint density at radius 2 is 2.10 bits per heavy atom. The van der Waals surface area contributed by atoms with Gasteiger partial charge < -0.3 is 14.8 Å². The van der Waals surface area contributed by atoms with Gasteiger partial charge in [-0.05, 0) is 18.6 Å². The van der Waals surface area contributed by atoms with Gasteiger partial charge >= 0.3 is 0 Å². The molecule has 3 rings (SSSR count). The fourth-order valence-electron chi connectivity index (χ4n) is 3.41. The molecule has 1 aliphatic heterocycles. The molecule has 0 bridgehead atoms. The van der Waals surface area contributed by atoms with Crippen LogP contribution < -0.4 is 10.1 Å². The maximum atomic E-state index is 6.24. The van der Waals surface area contributed by atoms with E-state index in [2.05, 4.69) is 19.2 Å². The van der Waals surface area contributed by atoms with E-state index in [9.17, 15) is 0 Å². The predicted octanol–water partition coefficient (Wildman–Crippen LogP) is 4.22. The van der Waals surface area contributed by atoms with E-state index in [0.29, 0.717) is 28.8 Å². The lowest BCUT2D eigenvalue weighted by Crippen LogP contribution is -2.61. The molecule has 2 aliphatic rings. The van der Waals surface area contributed by atoms with Crippen LogP contribution in [-0.2, 0) is 4.74 Å². The number of ether oxygens (including phenoxy) is 2. The molecule has 0 spiro atoms. The fourth-order valence-corrected chi connectivity index (χ4v) is 3.97. The van der Waals surface area contributed by atoms with Crippen molar-refractivity contribution in [3.63, 3.8) is 0 Å². The van der Waals surface area contributed by atoms with Gasteiger partial charge in [-0.15, -0.1) is 0 Å². The number of nitrogens with one attached hydrogen (secondary N) is 1. The van der Waals surface area contributed by atoms with Crippen molar-refractivity contribution in [3.05, 3.63) is 27.7 Å². The summed E-state index contributed by atoms with van der Waals surface area (Å²) in [5.74, 6) is 0.769. The zero-order chi connectivity index (χ0) is 15.2. The molecule has 0 saturated heterocycles. The Balaban J connectivity index is 1.81. The van der Waals surface area contributed by atoms with E-state index >= 15 is 0 Å². The maximum Gasteiger partial charge on any atom is 0.142 e. The number of hydrogen-bond acceptors (Lipinski definition) is 3. The van der Waals surface area contributed by atoms with Crippen LogP contribution >= 0.6 is 23.2 Å². The minimum atomic E-state index is 0.135. The largest absolute Gasteiger partial charge is 0.492 e. The molecule has 1 heterocycles. The minimum absolute atomic E-state index is 0.135. The molecule has 1 aromatic carbocycles. The second kappa shape index (κ2) is 5.62. The first-order chi connectivity index (χ1) is 9.93. The van der Waals surface area contributed by atoms with E-state index in [1.807, 2.05) is 6.07 Å². The van der Waals surface area contributed by atoms with Gasteiger partial charge in [-0.1, -0.05) is 37.0 Å². The van der Waals surface area contributed by atoms with Gasteiger partial charge in [-0.25, -0.2) is 0 Å². The molecule has 3 unspecified atom stereocenters. The normalized spacial score (nSPS) is 30.2. The molecule has 0 amide bonds. The molecular formula is C16H21Cl2NO2. The van der Waals surface area contributed by atoms with Crippen LogP contribution in [-0.4, -0.2) is 25.9 Å². The lowest BCUT2D eigenvalue weighted by Gasteiger charge is -2.53. The van der Waals surface area contributed by atoms with E-state index < -0.39 is 0 Å². The van der Waals surface area contributed by atoms with E-state index in [4.69, 9.17) is 32.7 Å². The summed E-state index contributed by atoms with van der Waals surface area (Å²) in [6.07, 6.45) is 2.27. The number of benzene rings is 1. The molecule has 0 radical (unpaired) electrons. The van der Waals surface area contributed by atoms with Crippen molar-refractivity contribution in [2.45, 2.75) is 44.9 Å². The summed E-state index contributed by atoms with van der Waals surface area (Å²) in [4.78, 5) is 0. The van der Waals surface area contributed by atoms with E-state index in [-0.39, 0.29) is 11.5 Å². The van der Waals surface area contributed by atoms with Crippen LogP contribution in [0.25, 0.3) is 0 Å². The van der Waals surface area contributed by atoms with Crippen LogP contribution in [0.1, 0.15) is 38.3 Å². The van der Waals surface area contributed by atoms with Gasteiger partial charge in [0.25, 0.3) is 0 Å². The van der Waals surface area contributed by atoms with Crippen LogP contribution in [0.15, 0.2) is 12.1 Å². The van der Waals surface area contributed by atoms with Crippen molar-refractivity contribution < 1.29 is 9.47 Å². The van der Waals surface area contributed by atoms with Crippen LogP contribution in [0.5, 0.6) is 5.75 Å². The highest BCUT2D eigenvalue weighted by Crippen LogP contribution is 2.46. The van der Waals surface area contributed by atoms with Crippen molar-refractivity contribution in [3.8, 4) is 5.75 Å². The summed E-state index contributed by atoms with van der Waals surface area (Å²) in [6, 6.07) is 4.35. The van der Waals surface area contributed by atoms with E-state index in [1.54, 1.807) is 13.2 Å². The van der Waals surface area contributed by atoms with Crippen molar-refractivity contribution in [2.24, 2.45) is 5.41 Å². The number of methoxy groups -OCH3 is 1. The summed E-state index contributed by atoms with van der Waals surface area (Å²) in [6.45, 7) is 5.16. The van der Waals surface area contributed by atoms with Gasteiger partial charge in [0.2, 0.25) is 0 Å². The Morgan fingerprint density at radius 1 is 1.33 bits per heavy atom. The second-order valence-electron chi connectivity index (χ2n) is 6.50. The highest BCUT2D eigenvalue weighted by Gasteiger charge is 2.49. The van der Waals surface area contributed by atoms with Gasteiger partial charge in [0.1, 0.15) is 5.75 Å². The number of fused-ring (bicyclic) bond motifs is 1. The highest BCUT2D eigenvalue weighted by molar-refractivity contribution is 6.35. The van der Waals surface area contributed by atoms with Crippen LogP contribution in [0.3, 0.4) is 0 Å². The first-order valence-electron chi connectivity index (χ1n) is 7.34. The molecule has 3 nitrogen and oxygen atoms in total. The molecule has 1 fully saturated rings. The zero-order valence-electron chi connectivity index (χ0n) is 12.6. The molecule has 1 saturated carbocycles. The molecule has 0 aromatic heterocycles. The average molecular weight is 330 g/mol. The molecule has 5 heteroatoms. The fraction of sp³-hybridized carbons (Fsp3) is 0.625. The topological polar surface area (TPSA) is 30.5 Å². The van der Waals surface area contributed by atoms with Crippen LogP contribution in [0.4, 0.5) is 0 Å². The van der Waals surface area contributed by atoms with Crippen LogP contribution in [0.2, 0.25) is 10.0 Å². The van der Waals surface area contributed by atoms with E-state index in [1.165, 1.54) is 0 Å². The molecule has 21 heavy (non-hydrogen) atoms. The van der Waals surface area contributed by atoms with Crippen molar-refractivity contribution >= 4 is 23.2 Å². The molecule has 116 valence electrons. The lowest BCUT2D eigenvalue weighted by molar-refractivity contribution is -0.101. The molecule has 1 aliphatic carbocycles. The quantitative estimate of drug-likeness (QED) is 0.900. The Morgan fingerprint density at radius 3 is 2.76 bits per heavy atom. The number of rotatable bonds is 3. The van der Waals surface area contributed by atoms with Crippen molar-refractivity contribution in [2.75, 3.05) is 13.7 Å². The Labute approximate surface area is 135 Å². The smallest absolute Gasteiger partial charge is 0.142 e. The van der Waals surface area contributed by atoms with Crippen molar-refractivity contribution in [1.82, 2.24) is 5.32 Å². The SMILES string of the molecule is COC1CC(NC2CCOc3c(Cl)cc(Cl)cc32)C1(C)C. The minimum Gasteiger partial charge on any atom is -0.492 e. The molecule has 1 aromatic rings. The third kappa shape index (κ3) is 2.65. The van der Waals surface area contributed by atoms with Gasteiger partial charge in [0.15, 0.2) is 0 Å². The summed E-state index contributed by atoms with van der Waals surface area (Å²) in [5.41, 5.74) is 1.20. The van der Waals surface area contributed by atoms with Crippen LogP contribution in [0, 0.1) is 5.41 Å². The van der Waals surface area contributed by atoms with Crippen molar-refractivity contribution in [1.29, 1.82) is 0 Å². The predicted molar refractivity (Wildman–Crippen MR) is 85.4 cm³/mol. The molecular weight excluding hydrogens is 309 g/mol. The second-order valence-corrected chi connectivity index (χ2v) is 7.34. The van der Waals surface area contributed by atoms with Gasteiger partial charge in [0.05, 0.1) is 17.7 Å². The maximum absolute atomic E-state index is 6.24. The summed E-state index contributed by atoms with van der Waals surface area (Å²) < 4.78 is 11.2. The van der Waals surface area contributed by atoms with E-state index in [0.717, 1.165) is 24.2 Å². The van der Waals surface area contributed by atoms with Gasteiger partial charge in [-0.3, -0.25) is 0 Å². The van der Waals surface area contributed by atoms with Gasteiger partial charge in [0, 0.05) is 41.6 Å². The third-order valence-corrected chi connectivity index (χ3v) is 5.43. The Bertz CT molecular complexity index is 547. The summed E-state index contributed by atoms with van der Waals surface area (Å²) >= 11 is 12.4. The monoisotopic (exact) mass is 329 g/mol. The highest BCUT2D eigenvalue weighted by atomic mass is 35.5. The number of hydrogen-bond donors (Lipinski definition) is 1. The standard InChI is InChI=1S/C16H21Cl2NO2/c1-16(2)13(8-14(16)20-3)19-12-4-5-21-15-10(12)6-9(17)7-11(15)18/h6-7,12-14,19H,4-5,8H2,1-3H3. The summed E-state index contributed by atoms with van der Waals surface area (Å²) in [7, 11) is 1.78. The third-order valence-electron chi connectivity index (χ3n) is 4.93. The summed E-state index contributed by atoms with van der Waals surface area (Å²) in [5, 5.41) is 4.98. The number of halogens is 2. The molecule has 1 N–H and O–H groups in total. The Kier molecular flexibility index (Phi) is 4.12. The average Bonchev–Trinajstić information content (AvgIpc) is 2.43. The first-order valence-corrected chi connectivity index (χ1v) is 8.09. The zero-order valence-corrected chi connectivity index (χ0v) is 14.1. The lowest BCUT2D eigenvalue weighted by atomic mass is 9.64. The Hall–Kier alpha value is -0.480.